The van der Waals surface area contributed by atoms with Gasteiger partial charge in [0, 0.05) is 0 Å². The van der Waals surface area contributed by atoms with Crippen LogP contribution in [0.5, 0.6) is 23.0 Å². The van der Waals surface area contributed by atoms with E-state index in [9.17, 15) is 0 Å². The molecule has 2 rings (SSSR count). The zero-order chi connectivity index (χ0) is 16.7. The molecule has 0 N–H and O–H groups in total. The summed E-state index contributed by atoms with van der Waals surface area (Å²) in [5.74, 6) is 3.16. The van der Waals surface area contributed by atoms with E-state index in [2.05, 4.69) is 12.1 Å². The van der Waals surface area contributed by atoms with Crippen LogP contribution in [-0.4, -0.2) is 28.4 Å². The van der Waals surface area contributed by atoms with E-state index < -0.39 is 0 Å². The molecule has 2 aromatic carbocycles. The maximum absolute atomic E-state index is 5.48. The van der Waals surface area contributed by atoms with E-state index in [0.29, 0.717) is 0 Å². The van der Waals surface area contributed by atoms with Gasteiger partial charge in [-0.2, -0.15) is 0 Å². The van der Waals surface area contributed by atoms with E-state index in [1.54, 1.807) is 28.4 Å². The number of methoxy groups -OCH3 is 4. The minimum atomic E-state index is 0.768. The summed E-state index contributed by atoms with van der Waals surface area (Å²) in [4.78, 5) is 0. The second-order valence-corrected chi connectivity index (χ2v) is 5.16. The molecular weight excluding hydrogens is 292 g/mol. The Morgan fingerprint density at radius 2 is 1.04 bits per heavy atom. The van der Waals surface area contributed by atoms with Crippen molar-refractivity contribution in [3.05, 3.63) is 47.5 Å². The summed E-state index contributed by atoms with van der Waals surface area (Å²) >= 11 is 0. The lowest BCUT2D eigenvalue weighted by Crippen LogP contribution is -1.99. The van der Waals surface area contributed by atoms with E-state index in [0.717, 1.165) is 53.4 Å². The number of rotatable bonds is 8. The van der Waals surface area contributed by atoms with Crippen LogP contribution in [0.3, 0.4) is 0 Å². The summed E-state index contributed by atoms with van der Waals surface area (Å²) in [7, 11) is 6.66. The molecule has 0 saturated heterocycles. The minimum Gasteiger partial charge on any atom is -0.493 e. The highest BCUT2D eigenvalue weighted by atomic mass is 16.5. The van der Waals surface area contributed by atoms with Crippen molar-refractivity contribution in [1.82, 2.24) is 0 Å². The predicted octanol–water partition coefficient (Wildman–Crippen LogP) is 3.90. The highest BCUT2D eigenvalue weighted by Gasteiger charge is 2.12. The topological polar surface area (TPSA) is 36.9 Å². The van der Waals surface area contributed by atoms with Crippen molar-refractivity contribution in [3.63, 3.8) is 0 Å². The van der Waals surface area contributed by atoms with Crippen LogP contribution >= 0.6 is 0 Å². The van der Waals surface area contributed by atoms with Gasteiger partial charge in [0.25, 0.3) is 0 Å². The molecule has 0 heterocycles. The van der Waals surface area contributed by atoms with Gasteiger partial charge in [0.1, 0.15) is 0 Å². The third-order valence-electron chi connectivity index (χ3n) is 3.86. The van der Waals surface area contributed by atoms with Crippen LogP contribution in [-0.2, 0) is 12.8 Å². The van der Waals surface area contributed by atoms with Crippen LogP contribution in [0.15, 0.2) is 36.4 Å². The molecule has 0 aliphatic rings. The summed E-state index contributed by atoms with van der Waals surface area (Å²) in [6, 6.07) is 11.9. The van der Waals surface area contributed by atoms with E-state index in [4.69, 9.17) is 18.9 Å². The van der Waals surface area contributed by atoms with Crippen LogP contribution in [0.4, 0.5) is 0 Å². The maximum Gasteiger partial charge on any atom is 0.163 e. The molecule has 0 amide bonds. The lowest BCUT2D eigenvalue weighted by Gasteiger charge is -2.14. The van der Waals surface area contributed by atoms with Crippen molar-refractivity contribution in [2.45, 2.75) is 19.3 Å². The molecule has 4 heteroatoms. The molecule has 0 atom stereocenters. The lowest BCUT2D eigenvalue weighted by molar-refractivity contribution is 0.350. The molecule has 0 aliphatic carbocycles. The maximum atomic E-state index is 5.48. The fourth-order valence-corrected chi connectivity index (χ4v) is 2.77. The van der Waals surface area contributed by atoms with Crippen molar-refractivity contribution in [1.29, 1.82) is 0 Å². The zero-order valence-electron chi connectivity index (χ0n) is 14.2. The van der Waals surface area contributed by atoms with Crippen molar-refractivity contribution >= 4 is 0 Å². The molecule has 0 fully saturated rings. The van der Waals surface area contributed by atoms with Crippen molar-refractivity contribution < 1.29 is 18.9 Å². The van der Waals surface area contributed by atoms with Gasteiger partial charge in [-0.05, 0) is 42.5 Å². The number of hydrogen-bond acceptors (Lipinski definition) is 4. The second-order valence-electron chi connectivity index (χ2n) is 5.16. The van der Waals surface area contributed by atoms with Gasteiger partial charge in [-0.15, -0.1) is 0 Å². The summed E-state index contributed by atoms with van der Waals surface area (Å²) in [5.41, 5.74) is 2.29. The normalized spacial score (nSPS) is 10.3. The van der Waals surface area contributed by atoms with Crippen molar-refractivity contribution in [3.8, 4) is 23.0 Å². The minimum absolute atomic E-state index is 0.768. The Morgan fingerprint density at radius 1 is 0.609 bits per heavy atom. The van der Waals surface area contributed by atoms with Crippen LogP contribution in [0.25, 0.3) is 0 Å². The predicted molar refractivity (Wildman–Crippen MR) is 91.1 cm³/mol. The Morgan fingerprint density at radius 3 is 1.39 bits per heavy atom. The van der Waals surface area contributed by atoms with Crippen LogP contribution in [0, 0.1) is 0 Å². The lowest BCUT2D eigenvalue weighted by atomic mass is 10.0. The first-order valence-electron chi connectivity index (χ1n) is 7.64. The third kappa shape index (κ3) is 3.89. The Hall–Kier alpha value is -2.36. The van der Waals surface area contributed by atoms with Gasteiger partial charge in [0.2, 0.25) is 0 Å². The van der Waals surface area contributed by atoms with E-state index in [1.165, 1.54) is 0 Å². The third-order valence-corrected chi connectivity index (χ3v) is 3.86. The molecule has 0 spiro atoms. The smallest absolute Gasteiger partial charge is 0.163 e. The molecule has 0 unspecified atom stereocenters. The number of aryl methyl sites for hydroxylation is 2. The fraction of sp³-hybridized carbons (Fsp3) is 0.368. The molecular formula is C19H24O4. The highest BCUT2D eigenvalue weighted by Crippen LogP contribution is 2.34. The van der Waals surface area contributed by atoms with Gasteiger partial charge < -0.3 is 18.9 Å². The highest BCUT2D eigenvalue weighted by molar-refractivity contribution is 5.48. The van der Waals surface area contributed by atoms with Crippen LogP contribution < -0.4 is 18.9 Å². The molecule has 0 aromatic heterocycles. The number of ether oxygens (including phenoxy) is 4. The number of para-hydroxylation sites is 2. The molecule has 2 aromatic rings. The Balaban J connectivity index is 2.09. The molecule has 0 radical (unpaired) electrons. The van der Waals surface area contributed by atoms with Gasteiger partial charge in [-0.25, -0.2) is 0 Å². The average Bonchev–Trinajstić information content (AvgIpc) is 2.60. The van der Waals surface area contributed by atoms with E-state index >= 15 is 0 Å². The Labute approximate surface area is 137 Å². The van der Waals surface area contributed by atoms with Gasteiger partial charge in [0.05, 0.1) is 28.4 Å². The molecule has 0 bridgehead atoms. The Bertz CT molecular complexity index is 582. The second kappa shape index (κ2) is 8.32. The zero-order valence-corrected chi connectivity index (χ0v) is 14.2. The van der Waals surface area contributed by atoms with Gasteiger partial charge in [0.15, 0.2) is 23.0 Å². The summed E-state index contributed by atoms with van der Waals surface area (Å²) in [6.07, 6.45) is 2.79. The SMILES string of the molecule is COc1cccc(CCCc2cccc(OC)c2OC)c1OC. The summed E-state index contributed by atoms with van der Waals surface area (Å²) in [5, 5.41) is 0. The first-order chi connectivity index (χ1) is 11.2. The molecule has 0 saturated carbocycles. The largest absolute Gasteiger partial charge is 0.493 e. The standard InChI is InChI=1S/C19H24O4/c1-20-16-12-6-10-14(18(16)22-3)8-5-9-15-11-7-13-17(21-2)19(15)23-4/h6-7,10-13H,5,8-9H2,1-4H3. The van der Waals surface area contributed by atoms with Crippen LogP contribution in [0.1, 0.15) is 17.5 Å². The van der Waals surface area contributed by atoms with Gasteiger partial charge in [-0.3, -0.25) is 0 Å². The summed E-state index contributed by atoms with van der Waals surface area (Å²) < 4.78 is 21.7. The monoisotopic (exact) mass is 316 g/mol. The van der Waals surface area contributed by atoms with Gasteiger partial charge >= 0.3 is 0 Å². The average molecular weight is 316 g/mol. The molecule has 0 aliphatic heterocycles. The van der Waals surface area contributed by atoms with Crippen molar-refractivity contribution in [2.24, 2.45) is 0 Å². The Kier molecular flexibility index (Phi) is 6.15. The first kappa shape index (κ1) is 17.0. The quantitative estimate of drug-likeness (QED) is 0.740. The molecule has 4 nitrogen and oxygen atoms in total. The summed E-state index contributed by atoms with van der Waals surface area (Å²) in [6.45, 7) is 0. The van der Waals surface area contributed by atoms with E-state index in [1.807, 2.05) is 24.3 Å². The number of hydrogen-bond donors (Lipinski definition) is 0. The van der Waals surface area contributed by atoms with Crippen molar-refractivity contribution in [2.75, 3.05) is 28.4 Å². The van der Waals surface area contributed by atoms with Gasteiger partial charge in [-0.1, -0.05) is 24.3 Å². The molecule has 23 heavy (non-hydrogen) atoms. The van der Waals surface area contributed by atoms with Crippen LogP contribution in [0.2, 0.25) is 0 Å². The fourth-order valence-electron chi connectivity index (χ4n) is 2.77. The molecule has 124 valence electrons. The first-order valence-corrected chi connectivity index (χ1v) is 7.64. The number of benzene rings is 2. The van der Waals surface area contributed by atoms with E-state index in [-0.39, 0.29) is 0 Å².